The SMILES string of the molecule is c1cnc(CNCCc2ccsc2)cn1. The summed E-state index contributed by atoms with van der Waals surface area (Å²) in [6, 6.07) is 2.16. The smallest absolute Gasteiger partial charge is 0.0724 e. The van der Waals surface area contributed by atoms with Crippen molar-refractivity contribution in [1.82, 2.24) is 15.3 Å². The standard InChI is InChI=1S/C11H13N3S/c1(10-2-6-15-9-10)3-12-7-11-8-13-4-5-14-11/h2,4-6,8-9,12H,1,3,7H2. The molecule has 0 aromatic carbocycles. The Hall–Kier alpha value is -1.26. The van der Waals surface area contributed by atoms with E-state index in [-0.39, 0.29) is 0 Å². The van der Waals surface area contributed by atoms with Crippen LogP contribution in [0.15, 0.2) is 35.4 Å². The Bertz CT molecular complexity index is 372. The normalized spacial score (nSPS) is 10.4. The van der Waals surface area contributed by atoms with Gasteiger partial charge < -0.3 is 5.32 Å². The van der Waals surface area contributed by atoms with Gasteiger partial charge in [0.2, 0.25) is 0 Å². The number of nitrogens with zero attached hydrogens (tertiary/aromatic N) is 2. The summed E-state index contributed by atoms with van der Waals surface area (Å²) < 4.78 is 0. The number of aromatic nitrogens is 2. The molecule has 0 saturated heterocycles. The Balaban J connectivity index is 1.68. The van der Waals surface area contributed by atoms with Gasteiger partial charge in [0.1, 0.15) is 0 Å². The van der Waals surface area contributed by atoms with Crippen molar-refractivity contribution in [2.24, 2.45) is 0 Å². The van der Waals surface area contributed by atoms with Gasteiger partial charge in [-0.1, -0.05) is 0 Å². The van der Waals surface area contributed by atoms with Gasteiger partial charge in [0.25, 0.3) is 0 Å². The van der Waals surface area contributed by atoms with Crippen molar-refractivity contribution >= 4 is 11.3 Å². The number of hydrogen-bond acceptors (Lipinski definition) is 4. The van der Waals surface area contributed by atoms with E-state index in [1.54, 1.807) is 29.9 Å². The van der Waals surface area contributed by atoms with Gasteiger partial charge in [-0.2, -0.15) is 11.3 Å². The van der Waals surface area contributed by atoms with E-state index in [4.69, 9.17) is 0 Å². The van der Waals surface area contributed by atoms with Crippen molar-refractivity contribution in [3.63, 3.8) is 0 Å². The predicted octanol–water partition coefficient (Wildman–Crippen LogP) is 1.87. The molecule has 0 saturated carbocycles. The highest BCUT2D eigenvalue weighted by atomic mass is 32.1. The molecule has 3 nitrogen and oxygen atoms in total. The van der Waals surface area contributed by atoms with Gasteiger partial charge in [-0.15, -0.1) is 0 Å². The fourth-order valence-corrected chi connectivity index (χ4v) is 2.01. The van der Waals surface area contributed by atoms with Crippen LogP contribution in [0.3, 0.4) is 0 Å². The number of rotatable bonds is 5. The molecule has 1 N–H and O–H groups in total. The van der Waals surface area contributed by atoms with E-state index in [1.807, 2.05) is 0 Å². The third kappa shape index (κ3) is 3.42. The van der Waals surface area contributed by atoms with Gasteiger partial charge in [-0.05, 0) is 35.4 Å². The molecule has 15 heavy (non-hydrogen) atoms. The van der Waals surface area contributed by atoms with Gasteiger partial charge in [0, 0.05) is 25.1 Å². The van der Waals surface area contributed by atoms with Crippen molar-refractivity contribution < 1.29 is 0 Å². The third-order valence-corrected chi connectivity index (χ3v) is 2.83. The topological polar surface area (TPSA) is 37.8 Å². The molecule has 0 bridgehead atoms. The lowest BCUT2D eigenvalue weighted by Gasteiger charge is -2.02. The first-order valence-electron chi connectivity index (χ1n) is 4.92. The van der Waals surface area contributed by atoms with Crippen molar-refractivity contribution in [2.45, 2.75) is 13.0 Å². The first-order valence-corrected chi connectivity index (χ1v) is 5.86. The summed E-state index contributed by atoms with van der Waals surface area (Å²) in [7, 11) is 0. The molecular formula is C11H13N3S. The molecular weight excluding hydrogens is 206 g/mol. The molecule has 0 radical (unpaired) electrons. The summed E-state index contributed by atoms with van der Waals surface area (Å²) in [5, 5.41) is 7.64. The molecule has 0 aliphatic heterocycles. The number of thiophene rings is 1. The number of hydrogen-bond donors (Lipinski definition) is 1. The van der Waals surface area contributed by atoms with Crippen LogP contribution in [0.1, 0.15) is 11.3 Å². The minimum Gasteiger partial charge on any atom is -0.311 e. The van der Waals surface area contributed by atoms with Crippen molar-refractivity contribution in [2.75, 3.05) is 6.54 Å². The third-order valence-electron chi connectivity index (χ3n) is 2.09. The van der Waals surface area contributed by atoms with Crippen LogP contribution in [-0.4, -0.2) is 16.5 Å². The summed E-state index contributed by atoms with van der Waals surface area (Å²) in [6.45, 7) is 1.77. The quantitative estimate of drug-likeness (QED) is 0.780. The molecule has 2 heterocycles. The van der Waals surface area contributed by atoms with Crippen molar-refractivity contribution in [3.8, 4) is 0 Å². The fraction of sp³-hybridized carbons (Fsp3) is 0.273. The van der Waals surface area contributed by atoms with Crippen molar-refractivity contribution in [1.29, 1.82) is 0 Å². The predicted molar refractivity (Wildman–Crippen MR) is 61.8 cm³/mol. The van der Waals surface area contributed by atoms with Crippen LogP contribution in [0, 0.1) is 0 Å². The van der Waals surface area contributed by atoms with E-state index < -0.39 is 0 Å². The molecule has 0 fully saturated rings. The van der Waals surface area contributed by atoms with Gasteiger partial charge >= 0.3 is 0 Å². The Morgan fingerprint density at radius 1 is 1.33 bits per heavy atom. The summed E-state index contributed by atoms with van der Waals surface area (Å²) in [5.74, 6) is 0. The van der Waals surface area contributed by atoms with Crippen LogP contribution >= 0.6 is 11.3 Å². The van der Waals surface area contributed by atoms with Crippen LogP contribution in [0.2, 0.25) is 0 Å². The lowest BCUT2D eigenvalue weighted by molar-refractivity contribution is 0.673. The zero-order chi connectivity index (χ0) is 10.3. The fourth-order valence-electron chi connectivity index (χ4n) is 1.31. The summed E-state index contributed by atoms with van der Waals surface area (Å²) >= 11 is 1.74. The molecule has 2 aromatic heterocycles. The van der Waals surface area contributed by atoms with E-state index in [9.17, 15) is 0 Å². The largest absolute Gasteiger partial charge is 0.311 e. The summed E-state index contributed by atoms with van der Waals surface area (Å²) in [6.07, 6.45) is 6.27. The molecule has 0 spiro atoms. The summed E-state index contributed by atoms with van der Waals surface area (Å²) in [5.41, 5.74) is 2.38. The van der Waals surface area contributed by atoms with E-state index in [1.165, 1.54) is 5.56 Å². The molecule has 2 aromatic rings. The van der Waals surface area contributed by atoms with Gasteiger partial charge in [0.05, 0.1) is 5.69 Å². The lowest BCUT2D eigenvalue weighted by atomic mass is 10.2. The van der Waals surface area contributed by atoms with Crippen LogP contribution < -0.4 is 5.32 Å². The Morgan fingerprint density at radius 2 is 2.33 bits per heavy atom. The van der Waals surface area contributed by atoms with Crippen LogP contribution in [0.5, 0.6) is 0 Å². The highest BCUT2D eigenvalue weighted by Crippen LogP contribution is 2.05. The molecule has 4 heteroatoms. The van der Waals surface area contributed by atoms with Gasteiger partial charge in [-0.25, -0.2) is 0 Å². The maximum Gasteiger partial charge on any atom is 0.0724 e. The second-order valence-corrected chi connectivity index (χ2v) is 4.04. The van der Waals surface area contributed by atoms with Gasteiger partial charge in [0.15, 0.2) is 0 Å². The second kappa shape index (κ2) is 5.58. The monoisotopic (exact) mass is 219 g/mol. The highest BCUT2D eigenvalue weighted by molar-refractivity contribution is 7.07. The second-order valence-electron chi connectivity index (χ2n) is 3.26. The summed E-state index contributed by atoms with van der Waals surface area (Å²) in [4.78, 5) is 8.20. The Labute approximate surface area is 93.2 Å². The Kier molecular flexibility index (Phi) is 3.82. The maximum atomic E-state index is 4.19. The molecule has 0 amide bonds. The average molecular weight is 219 g/mol. The zero-order valence-corrected chi connectivity index (χ0v) is 9.20. The molecule has 0 aliphatic carbocycles. The van der Waals surface area contributed by atoms with E-state index in [0.29, 0.717) is 0 Å². The first-order chi connectivity index (χ1) is 7.45. The van der Waals surface area contributed by atoms with Crippen LogP contribution in [-0.2, 0) is 13.0 Å². The van der Waals surface area contributed by atoms with E-state index in [0.717, 1.165) is 25.2 Å². The molecule has 2 rings (SSSR count). The minimum absolute atomic E-state index is 0.790. The molecule has 0 aliphatic rings. The molecule has 78 valence electrons. The maximum absolute atomic E-state index is 4.19. The molecule has 0 unspecified atom stereocenters. The van der Waals surface area contributed by atoms with Crippen molar-refractivity contribution in [3.05, 3.63) is 46.7 Å². The van der Waals surface area contributed by atoms with Crippen LogP contribution in [0.4, 0.5) is 0 Å². The highest BCUT2D eigenvalue weighted by Gasteiger charge is 1.94. The van der Waals surface area contributed by atoms with Gasteiger partial charge in [-0.3, -0.25) is 9.97 Å². The number of nitrogens with one attached hydrogen (secondary N) is 1. The first kappa shape index (κ1) is 10.3. The molecule has 0 atom stereocenters. The average Bonchev–Trinajstić information content (AvgIpc) is 2.79. The van der Waals surface area contributed by atoms with E-state index >= 15 is 0 Å². The lowest BCUT2D eigenvalue weighted by Crippen LogP contribution is -2.17. The Morgan fingerprint density at radius 3 is 3.07 bits per heavy atom. The zero-order valence-electron chi connectivity index (χ0n) is 8.39. The minimum atomic E-state index is 0.790. The van der Waals surface area contributed by atoms with Crippen LogP contribution in [0.25, 0.3) is 0 Å². The van der Waals surface area contributed by atoms with E-state index in [2.05, 4.69) is 32.1 Å².